The van der Waals surface area contributed by atoms with E-state index in [0.717, 1.165) is 42.7 Å². The SMILES string of the molecule is Cc1ccc2nc(C(=O)N3CCC[C@H](Cc4nccnc4N)C3)cn2c1. The average molecular weight is 350 g/mol. The molecule has 3 aromatic heterocycles. The highest BCUT2D eigenvalue weighted by molar-refractivity contribution is 5.93. The van der Waals surface area contributed by atoms with Crippen molar-refractivity contribution in [3.63, 3.8) is 0 Å². The van der Waals surface area contributed by atoms with E-state index in [9.17, 15) is 4.79 Å². The fraction of sp³-hybridized carbons (Fsp3) is 0.368. The van der Waals surface area contributed by atoms with Crippen LogP contribution < -0.4 is 5.73 Å². The number of hydrogen-bond donors (Lipinski definition) is 1. The predicted molar refractivity (Wildman–Crippen MR) is 98.7 cm³/mol. The zero-order valence-electron chi connectivity index (χ0n) is 14.8. The van der Waals surface area contributed by atoms with Crippen molar-refractivity contribution in [2.45, 2.75) is 26.2 Å². The average Bonchev–Trinajstić information content (AvgIpc) is 3.06. The maximum absolute atomic E-state index is 12.9. The maximum atomic E-state index is 12.9. The smallest absolute Gasteiger partial charge is 0.274 e. The van der Waals surface area contributed by atoms with Crippen molar-refractivity contribution in [1.29, 1.82) is 0 Å². The lowest BCUT2D eigenvalue weighted by molar-refractivity contribution is 0.0667. The van der Waals surface area contributed by atoms with Gasteiger partial charge in [0.2, 0.25) is 0 Å². The molecular weight excluding hydrogens is 328 g/mol. The minimum Gasteiger partial charge on any atom is -0.382 e. The lowest BCUT2D eigenvalue weighted by Gasteiger charge is -2.32. The van der Waals surface area contributed by atoms with Crippen LogP contribution in [0.1, 0.15) is 34.6 Å². The van der Waals surface area contributed by atoms with Crippen molar-refractivity contribution in [2.75, 3.05) is 18.8 Å². The monoisotopic (exact) mass is 350 g/mol. The molecule has 4 rings (SSSR count). The molecule has 7 nitrogen and oxygen atoms in total. The first-order valence-corrected chi connectivity index (χ1v) is 8.90. The largest absolute Gasteiger partial charge is 0.382 e. The summed E-state index contributed by atoms with van der Waals surface area (Å²) < 4.78 is 1.91. The summed E-state index contributed by atoms with van der Waals surface area (Å²) in [4.78, 5) is 27.7. The summed E-state index contributed by atoms with van der Waals surface area (Å²) in [7, 11) is 0. The zero-order valence-corrected chi connectivity index (χ0v) is 14.8. The van der Waals surface area contributed by atoms with Gasteiger partial charge in [-0.05, 0) is 43.7 Å². The number of aryl methyl sites for hydroxylation is 1. The number of carbonyl (C=O) groups excluding carboxylic acids is 1. The third-order valence-corrected chi connectivity index (χ3v) is 4.91. The molecule has 1 aliphatic rings. The number of nitrogens with zero attached hydrogens (tertiary/aromatic N) is 5. The van der Waals surface area contributed by atoms with Gasteiger partial charge in [-0.3, -0.25) is 9.78 Å². The second kappa shape index (κ2) is 6.74. The number of carbonyl (C=O) groups is 1. The molecule has 0 spiro atoms. The van der Waals surface area contributed by atoms with E-state index < -0.39 is 0 Å². The lowest BCUT2D eigenvalue weighted by atomic mass is 9.93. The van der Waals surface area contributed by atoms with E-state index in [1.54, 1.807) is 12.4 Å². The van der Waals surface area contributed by atoms with Gasteiger partial charge in [0.15, 0.2) is 0 Å². The van der Waals surface area contributed by atoms with Gasteiger partial charge >= 0.3 is 0 Å². The minimum atomic E-state index is -0.0110. The first kappa shape index (κ1) is 16.5. The molecule has 0 radical (unpaired) electrons. The summed E-state index contributed by atoms with van der Waals surface area (Å²) in [5.74, 6) is 0.806. The van der Waals surface area contributed by atoms with Gasteiger partial charge in [-0.1, -0.05) is 6.07 Å². The molecule has 26 heavy (non-hydrogen) atoms. The highest BCUT2D eigenvalue weighted by atomic mass is 16.2. The maximum Gasteiger partial charge on any atom is 0.274 e. The van der Waals surface area contributed by atoms with E-state index in [1.165, 1.54) is 0 Å². The number of fused-ring (bicyclic) bond motifs is 1. The van der Waals surface area contributed by atoms with Crippen molar-refractivity contribution in [3.8, 4) is 0 Å². The molecule has 1 saturated heterocycles. The standard InChI is InChI=1S/C19H22N6O/c1-13-4-5-17-23-16(12-25(17)10-13)19(26)24-8-2-3-14(11-24)9-15-18(20)22-7-6-21-15/h4-7,10,12,14H,2-3,8-9,11H2,1H3,(H2,20,22)/t14-/m1/s1. The van der Waals surface area contributed by atoms with Gasteiger partial charge in [0.05, 0.1) is 5.69 Å². The number of amides is 1. The van der Waals surface area contributed by atoms with Gasteiger partial charge < -0.3 is 15.0 Å². The van der Waals surface area contributed by atoms with Crippen LogP contribution in [0, 0.1) is 12.8 Å². The van der Waals surface area contributed by atoms with Crippen LogP contribution >= 0.6 is 0 Å². The van der Waals surface area contributed by atoms with E-state index >= 15 is 0 Å². The number of anilines is 1. The fourth-order valence-electron chi connectivity index (χ4n) is 3.59. The summed E-state index contributed by atoms with van der Waals surface area (Å²) in [6.45, 7) is 3.48. The normalized spacial score (nSPS) is 17.6. The van der Waals surface area contributed by atoms with Crippen LogP contribution in [0.4, 0.5) is 5.82 Å². The molecule has 1 atom stereocenters. The number of imidazole rings is 1. The van der Waals surface area contributed by atoms with E-state index in [2.05, 4.69) is 15.0 Å². The number of rotatable bonds is 3. The molecule has 2 N–H and O–H groups in total. The highest BCUT2D eigenvalue weighted by Crippen LogP contribution is 2.23. The second-order valence-electron chi connectivity index (χ2n) is 6.95. The molecule has 0 aliphatic carbocycles. The predicted octanol–water partition coefficient (Wildman–Crippen LogP) is 2.11. The van der Waals surface area contributed by atoms with Crippen LogP contribution in [0.2, 0.25) is 0 Å². The number of hydrogen-bond acceptors (Lipinski definition) is 5. The van der Waals surface area contributed by atoms with Crippen molar-refractivity contribution >= 4 is 17.4 Å². The molecule has 0 unspecified atom stereocenters. The first-order valence-electron chi connectivity index (χ1n) is 8.90. The third-order valence-electron chi connectivity index (χ3n) is 4.91. The van der Waals surface area contributed by atoms with Crippen LogP contribution in [0.5, 0.6) is 0 Å². The zero-order chi connectivity index (χ0) is 18.1. The molecule has 1 aliphatic heterocycles. The first-order chi connectivity index (χ1) is 12.6. The third kappa shape index (κ3) is 3.24. The van der Waals surface area contributed by atoms with Gasteiger partial charge in [0, 0.05) is 37.9 Å². The van der Waals surface area contributed by atoms with Crippen LogP contribution in [0.25, 0.3) is 5.65 Å². The Morgan fingerprint density at radius 1 is 1.27 bits per heavy atom. The van der Waals surface area contributed by atoms with E-state index in [4.69, 9.17) is 5.73 Å². The molecule has 0 aromatic carbocycles. The summed E-state index contributed by atoms with van der Waals surface area (Å²) in [5.41, 5.74) is 9.15. The molecule has 3 aromatic rings. The van der Waals surface area contributed by atoms with Crippen molar-refractivity contribution in [3.05, 3.63) is 53.9 Å². The van der Waals surface area contributed by atoms with Gasteiger partial charge in [0.1, 0.15) is 17.2 Å². The van der Waals surface area contributed by atoms with E-state index in [-0.39, 0.29) is 5.91 Å². The Kier molecular flexibility index (Phi) is 4.28. The molecule has 1 fully saturated rings. The number of piperidine rings is 1. The number of nitrogens with two attached hydrogens (primary N) is 1. The molecule has 7 heteroatoms. The van der Waals surface area contributed by atoms with Gasteiger partial charge in [-0.25, -0.2) is 9.97 Å². The molecule has 4 heterocycles. The molecule has 0 bridgehead atoms. The van der Waals surface area contributed by atoms with Crippen LogP contribution in [0.15, 0.2) is 36.9 Å². The summed E-state index contributed by atoms with van der Waals surface area (Å²) in [6.07, 6.45) is 9.83. The Bertz CT molecular complexity index is 950. The Morgan fingerprint density at radius 3 is 2.96 bits per heavy atom. The quantitative estimate of drug-likeness (QED) is 0.781. The van der Waals surface area contributed by atoms with Crippen molar-refractivity contribution in [1.82, 2.24) is 24.3 Å². The van der Waals surface area contributed by atoms with Gasteiger partial charge in [0.25, 0.3) is 5.91 Å². The topological polar surface area (TPSA) is 89.4 Å². The van der Waals surface area contributed by atoms with Crippen molar-refractivity contribution < 1.29 is 4.79 Å². The van der Waals surface area contributed by atoms with E-state index in [0.29, 0.717) is 24.0 Å². The number of aromatic nitrogens is 4. The summed E-state index contributed by atoms with van der Waals surface area (Å²) >= 11 is 0. The lowest BCUT2D eigenvalue weighted by Crippen LogP contribution is -2.40. The fourth-order valence-corrected chi connectivity index (χ4v) is 3.59. The highest BCUT2D eigenvalue weighted by Gasteiger charge is 2.26. The van der Waals surface area contributed by atoms with Gasteiger partial charge in [-0.2, -0.15) is 0 Å². The van der Waals surface area contributed by atoms with Crippen LogP contribution in [-0.2, 0) is 6.42 Å². The minimum absolute atomic E-state index is 0.0110. The Balaban J connectivity index is 1.49. The molecule has 1 amide bonds. The van der Waals surface area contributed by atoms with Crippen LogP contribution in [0.3, 0.4) is 0 Å². The Hall–Kier alpha value is -2.96. The number of pyridine rings is 1. The summed E-state index contributed by atoms with van der Waals surface area (Å²) in [5, 5.41) is 0. The second-order valence-corrected chi connectivity index (χ2v) is 6.95. The molecule has 134 valence electrons. The number of nitrogen functional groups attached to an aromatic ring is 1. The summed E-state index contributed by atoms with van der Waals surface area (Å²) in [6, 6.07) is 3.93. The van der Waals surface area contributed by atoms with Gasteiger partial charge in [-0.15, -0.1) is 0 Å². The van der Waals surface area contributed by atoms with E-state index in [1.807, 2.05) is 40.8 Å². The Morgan fingerprint density at radius 2 is 2.12 bits per heavy atom. The molecular formula is C19H22N6O. The van der Waals surface area contributed by atoms with Crippen LogP contribution in [-0.4, -0.2) is 43.2 Å². The molecule has 0 saturated carbocycles. The Labute approximate surface area is 151 Å². The van der Waals surface area contributed by atoms with Crippen molar-refractivity contribution in [2.24, 2.45) is 5.92 Å². The number of likely N-dealkylation sites (tertiary alicyclic amines) is 1.